The average Bonchev–Trinajstić information content (AvgIpc) is 3.31. The highest BCUT2D eigenvalue weighted by atomic mass is 79.9. The quantitative estimate of drug-likeness (QED) is 0.0486. The van der Waals surface area contributed by atoms with Crippen LogP contribution in [0.2, 0.25) is 0 Å². The van der Waals surface area contributed by atoms with E-state index < -0.39 is 9.84 Å². The number of hydrogen-bond donors (Lipinski definition) is 0. The molecule has 0 saturated heterocycles. The molecule has 0 saturated carbocycles. The number of unbranched alkanes of at least 4 members (excludes halogenated alkanes) is 30. The van der Waals surface area contributed by atoms with Gasteiger partial charge >= 0.3 is 0 Å². The fourth-order valence-electron chi connectivity index (χ4n) is 8.22. The smallest absolute Gasteiger partial charge is 0.206 e. The van der Waals surface area contributed by atoms with Crippen LogP contribution in [0.25, 0.3) is 0 Å². The summed E-state index contributed by atoms with van der Waals surface area (Å²) in [7, 11) is -3.90. The van der Waals surface area contributed by atoms with Crippen molar-refractivity contribution >= 4 is 105 Å². The molecule has 0 spiro atoms. The zero-order valence-corrected chi connectivity index (χ0v) is 51.8. The first kappa shape index (κ1) is 63.9. The minimum absolute atomic E-state index is 0.129. The lowest BCUT2D eigenvalue weighted by Crippen LogP contribution is -2.24. The number of benzene rings is 2. The second-order valence-electron chi connectivity index (χ2n) is 18.5. The minimum Gasteiger partial charge on any atom is -0.488 e. The minimum atomic E-state index is -3.90. The van der Waals surface area contributed by atoms with Crippen LogP contribution in [-0.4, -0.2) is 57.7 Å². The number of hydrogen-bond acceptors (Lipinski definition) is 6. The van der Waals surface area contributed by atoms with Gasteiger partial charge in [0.05, 0.1) is 27.7 Å². The maximum Gasteiger partial charge on any atom is 0.206 e. The first-order valence-corrected chi connectivity index (χ1v) is 33.3. The van der Waals surface area contributed by atoms with E-state index in [4.69, 9.17) is 18.9 Å². The largest absolute Gasteiger partial charge is 0.488 e. The van der Waals surface area contributed by atoms with Gasteiger partial charge in [0.2, 0.25) is 9.84 Å². The van der Waals surface area contributed by atoms with Crippen molar-refractivity contribution in [3.8, 4) is 11.5 Å². The average molecular weight is 1340 g/mol. The Balaban J connectivity index is 1.68. The van der Waals surface area contributed by atoms with Gasteiger partial charge in [-0.05, 0) is 101 Å². The van der Waals surface area contributed by atoms with E-state index in [0.717, 1.165) is 12.8 Å². The van der Waals surface area contributed by atoms with Gasteiger partial charge in [0, 0.05) is 23.9 Å². The normalized spacial score (nSPS) is 12.8. The van der Waals surface area contributed by atoms with Gasteiger partial charge in [0.25, 0.3) is 0 Å². The molecule has 2 aromatic rings. The molecule has 0 N–H and O–H groups in total. The predicted octanol–water partition coefficient (Wildman–Crippen LogP) is 20.4. The van der Waals surface area contributed by atoms with Crippen molar-refractivity contribution in [2.45, 2.75) is 241 Å². The van der Waals surface area contributed by atoms with E-state index in [1.807, 2.05) is 0 Å². The molecule has 0 aromatic heterocycles. The Morgan fingerprint density at radius 2 is 0.612 bits per heavy atom. The highest BCUT2D eigenvalue weighted by Crippen LogP contribution is 2.41. The zero-order valence-electron chi connectivity index (χ0n) is 41.5. The summed E-state index contributed by atoms with van der Waals surface area (Å²) < 4.78 is 54.7. The van der Waals surface area contributed by atoms with E-state index in [0.29, 0.717) is 66.5 Å². The topological polar surface area (TPSA) is 71.1 Å². The van der Waals surface area contributed by atoms with Crippen LogP contribution in [-0.2, 0) is 19.3 Å². The van der Waals surface area contributed by atoms with Crippen LogP contribution in [0.3, 0.4) is 0 Å². The van der Waals surface area contributed by atoms with E-state index in [1.54, 1.807) is 24.3 Å². The highest BCUT2D eigenvalue weighted by Gasteiger charge is 2.25. The summed E-state index contributed by atoms with van der Waals surface area (Å²) >= 11 is 21.4. The predicted molar refractivity (Wildman–Crippen MR) is 306 cm³/mol. The highest BCUT2D eigenvalue weighted by molar-refractivity contribution is 9.11. The van der Waals surface area contributed by atoms with E-state index >= 15 is 0 Å². The first-order valence-electron chi connectivity index (χ1n) is 26.4. The van der Waals surface area contributed by atoms with Gasteiger partial charge in [-0.2, -0.15) is 0 Å². The molecule has 67 heavy (non-hydrogen) atoms. The molecular formula is C54H88Br6O6S. The van der Waals surface area contributed by atoms with Crippen LogP contribution >= 0.6 is 95.6 Å². The van der Waals surface area contributed by atoms with Gasteiger partial charge in [-0.1, -0.05) is 238 Å². The molecule has 0 amide bonds. The van der Waals surface area contributed by atoms with Crippen molar-refractivity contribution < 1.29 is 27.4 Å². The summed E-state index contributed by atoms with van der Waals surface area (Å²) in [5.74, 6) is 1.06. The van der Waals surface area contributed by atoms with Crippen molar-refractivity contribution in [2.75, 3.05) is 37.1 Å². The molecule has 388 valence electrons. The standard InChI is InChI=1S/C54H88Br6O6S/c1-3-5-7-9-11-13-15-17-19-21-23-25-27-29-31-33-35-63-45(41-55)43-65-53-49(57)37-47(38-50(53)58)67(61,62)48-39-51(59)54(52(60)40-48)66-44-46(42-56)64-36-34-32-30-28-26-24-22-20-18-16-14-12-10-8-6-4-2/h37-40,45-46H,3-36,41-44H2,1-2H3. The fourth-order valence-corrected chi connectivity index (χ4v) is 13.8. The van der Waals surface area contributed by atoms with E-state index in [9.17, 15) is 8.42 Å². The fraction of sp³-hybridized carbons (Fsp3) is 0.778. The van der Waals surface area contributed by atoms with Crippen molar-refractivity contribution in [1.82, 2.24) is 0 Å². The van der Waals surface area contributed by atoms with E-state index in [2.05, 4.69) is 109 Å². The lowest BCUT2D eigenvalue weighted by atomic mass is 10.0. The number of alkyl halides is 2. The summed E-state index contributed by atoms with van der Waals surface area (Å²) in [6.07, 6.45) is 42.7. The molecule has 0 fully saturated rings. The van der Waals surface area contributed by atoms with Gasteiger partial charge < -0.3 is 18.9 Å². The van der Waals surface area contributed by atoms with E-state index in [1.165, 1.54) is 193 Å². The number of rotatable bonds is 46. The molecule has 0 aliphatic rings. The number of sulfone groups is 1. The van der Waals surface area contributed by atoms with Crippen LogP contribution in [0.4, 0.5) is 0 Å². The Kier molecular flexibility index (Phi) is 40.2. The molecule has 13 heteroatoms. The van der Waals surface area contributed by atoms with Crippen LogP contribution in [0.15, 0.2) is 51.9 Å². The third-order valence-corrected chi connectivity index (χ3v) is 18.0. The number of halogens is 6. The third kappa shape index (κ3) is 29.9. The molecule has 0 aliphatic carbocycles. The molecule has 2 aromatic carbocycles. The lowest BCUT2D eigenvalue weighted by Gasteiger charge is -2.19. The van der Waals surface area contributed by atoms with Gasteiger partial charge in [-0.25, -0.2) is 8.42 Å². The Morgan fingerprint density at radius 1 is 0.388 bits per heavy atom. The van der Waals surface area contributed by atoms with Crippen molar-refractivity contribution in [3.05, 3.63) is 42.2 Å². The summed E-state index contributed by atoms with van der Waals surface area (Å²) in [4.78, 5) is 0.259. The van der Waals surface area contributed by atoms with Gasteiger partial charge in [0.15, 0.2) is 0 Å². The SMILES string of the molecule is CCCCCCCCCCCCCCCCCCOC(CBr)COc1c(Br)cc(S(=O)(=O)c2cc(Br)c(OCC(CBr)OCCCCCCCCCCCCCCCCCC)c(Br)c2)cc1Br. The maximum absolute atomic E-state index is 13.9. The number of ether oxygens (including phenoxy) is 4. The van der Waals surface area contributed by atoms with Gasteiger partial charge in [-0.3, -0.25) is 0 Å². The Bertz CT molecular complexity index is 1470. The Labute approximate surface area is 460 Å². The summed E-state index contributed by atoms with van der Waals surface area (Å²) in [6, 6.07) is 6.33. The van der Waals surface area contributed by atoms with Crippen molar-refractivity contribution in [2.24, 2.45) is 0 Å². The maximum atomic E-state index is 13.9. The summed E-state index contributed by atoms with van der Waals surface area (Å²) in [5, 5.41) is 1.28. The summed E-state index contributed by atoms with van der Waals surface area (Å²) in [6.45, 7) is 6.60. The van der Waals surface area contributed by atoms with Crippen LogP contribution in [0, 0.1) is 0 Å². The molecular weight excluding hydrogens is 1260 g/mol. The second-order valence-corrected chi connectivity index (χ2v) is 25.1. The van der Waals surface area contributed by atoms with Gasteiger partial charge in [0.1, 0.15) is 36.9 Å². The molecule has 0 bridgehead atoms. The first-order chi connectivity index (χ1) is 32.6. The third-order valence-electron chi connectivity index (χ3n) is 12.4. The van der Waals surface area contributed by atoms with Crippen LogP contribution in [0.5, 0.6) is 11.5 Å². The van der Waals surface area contributed by atoms with Gasteiger partial charge in [-0.15, -0.1) is 0 Å². The molecule has 6 nitrogen and oxygen atoms in total. The molecule has 2 unspecified atom stereocenters. The zero-order chi connectivity index (χ0) is 48.8. The summed E-state index contributed by atoms with van der Waals surface area (Å²) in [5.41, 5.74) is 0. The van der Waals surface area contributed by atoms with Crippen LogP contribution < -0.4 is 9.47 Å². The van der Waals surface area contributed by atoms with Crippen LogP contribution in [0.1, 0.15) is 219 Å². The second kappa shape index (κ2) is 42.2. The molecule has 2 rings (SSSR count). The molecule has 2 atom stereocenters. The Hall–Kier alpha value is 0.790. The molecule has 0 radical (unpaired) electrons. The van der Waals surface area contributed by atoms with E-state index in [-0.39, 0.29) is 22.0 Å². The van der Waals surface area contributed by atoms with Crippen molar-refractivity contribution in [1.29, 1.82) is 0 Å². The monoisotopic (exact) mass is 1340 g/mol. The lowest BCUT2D eigenvalue weighted by molar-refractivity contribution is 0.0335. The molecule has 0 aliphatic heterocycles. The van der Waals surface area contributed by atoms with Crippen molar-refractivity contribution in [3.63, 3.8) is 0 Å². The Morgan fingerprint density at radius 3 is 0.836 bits per heavy atom. The molecule has 0 heterocycles.